The summed E-state index contributed by atoms with van der Waals surface area (Å²) in [4.78, 5) is 15.9. The highest BCUT2D eigenvalue weighted by Crippen LogP contribution is 2.41. The van der Waals surface area contributed by atoms with E-state index in [1.807, 2.05) is 37.4 Å². The van der Waals surface area contributed by atoms with Crippen LogP contribution in [0.15, 0.2) is 30.3 Å². The zero-order valence-corrected chi connectivity index (χ0v) is 12.5. The number of para-hydroxylation sites is 1. The van der Waals surface area contributed by atoms with Crippen molar-refractivity contribution in [3.05, 3.63) is 30.3 Å². The first-order valence-electron chi connectivity index (χ1n) is 7.09. The molecule has 0 atom stereocenters. The molecule has 0 spiro atoms. The number of nitrogens with zero attached hydrogens (tertiary/aromatic N) is 2. The maximum atomic E-state index is 13.4. The van der Waals surface area contributed by atoms with Crippen molar-refractivity contribution in [3.63, 3.8) is 0 Å². The monoisotopic (exact) mass is 278 g/mol. The Labute approximate surface area is 120 Å². The summed E-state index contributed by atoms with van der Waals surface area (Å²) in [6.45, 7) is 3.00. The number of amides is 1. The zero-order chi connectivity index (χ0) is 14.8. The third kappa shape index (κ3) is 3.50. The van der Waals surface area contributed by atoms with Crippen molar-refractivity contribution < 1.29 is 9.18 Å². The van der Waals surface area contributed by atoms with E-state index in [0.717, 1.165) is 12.2 Å². The molecule has 2 rings (SSSR count). The summed E-state index contributed by atoms with van der Waals surface area (Å²) in [5.41, 5.74) is -0.00420. The van der Waals surface area contributed by atoms with Crippen LogP contribution in [0.25, 0.3) is 0 Å². The predicted molar refractivity (Wildman–Crippen MR) is 79.6 cm³/mol. The van der Waals surface area contributed by atoms with Gasteiger partial charge in [-0.25, -0.2) is 4.39 Å². The SMILES string of the molecule is CN(CCN(C)c1ccccc1)C(=O)C1CC(C)(F)C1. The minimum absolute atomic E-state index is 0.0709. The maximum absolute atomic E-state index is 13.4. The van der Waals surface area contributed by atoms with Gasteiger partial charge in [0, 0.05) is 38.8 Å². The third-order valence-corrected chi connectivity index (χ3v) is 4.04. The first-order chi connectivity index (χ1) is 9.39. The summed E-state index contributed by atoms with van der Waals surface area (Å²) < 4.78 is 13.4. The number of hydrogen-bond acceptors (Lipinski definition) is 2. The van der Waals surface area contributed by atoms with Crippen molar-refractivity contribution >= 4 is 11.6 Å². The van der Waals surface area contributed by atoms with Crippen molar-refractivity contribution in [1.29, 1.82) is 0 Å². The Morgan fingerprint density at radius 1 is 1.25 bits per heavy atom. The molecule has 0 N–H and O–H groups in total. The van der Waals surface area contributed by atoms with Crippen LogP contribution in [-0.2, 0) is 4.79 Å². The third-order valence-electron chi connectivity index (χ3n) is 4.04. The van der Waals surface area contributed by atoms with E-state index in [0.29, 0.717) is 19.4 Å². The largest absolute Gasteiger partial charge is 0.373 e. The van der Waals surface area contributed by atoms with E-state index in [4.69, 9.17) is 0 Å². The normalized spacial score (nSPS) is 24.9. The van der Waals surface area contributed by atoms with E-state index in [1.165, 1.54) is 0 Å². The van der Waals surface area contributed by atoms with E-state index in [-0.39, 0.29) is 11.8 Å². The highest BCUT2D eigenvalue weighted by atomic mass is 19.1. The zero-order valence-electron chi connectivity index (χ0n) is 12.5. The predicted octanol–water partition coefficient (Wildman–Crippen LogP) is 2.72. The fourth-order valence-electron chi connectivity index (χ4n) is 2.68. The molecule has 110 valence electrons. The smallest absolute Gasteiger partial charge is 0.225 e. The summed E-state index contributed by atoms with van der Waals surface area (Å²) in [6, 6.07) is 10.1. The van der Waals surface area contributed by atoms with Gasteiger partial charge in [0.05, 0.1) is 0 Å². The number of alkyl halides is 1. The van der Waals surface area contributed by atoms with E-state index in [2.05, 4.69) is 4.90 Å². The second kappa shape index (κ2) is 5.81. The van der Waals surface area contributed by atoms with Gasteiger partial charge in [-0.1, -0.05) is 18.2 Å². The van der Waals surface area contributed by atoms with E-state index < -0.39 is 5.67 Å². The molecule has 0 radical (unpaired) electrons. The average Bonchev–Trinajstić information content (AvgIpc) is 2.41. The number of carbonyl (C=O) groups is 1. The molecule has 1 aliphatic carbocycles. The highest BCUT2D eigenvalue weighted by Gasteiger charge is 2.45. The van der Waals surface area contributed by atoms with Crippen LogP contribution in [0.4, 0.5) is 10.1 Å². The number of hydrogen-bond donors (Lipinski definition) is 0. The second-order valence-corrected chi connectivity index (χ2v) is 6.04. The van der Waals surface area contributed by atoms with Gasteiger partial charge >= 0.3 is 0 Å². The first kappa shape index (κ1) is 14.8. The molecular formula is C16H23FN2O. The van der Waals surface area contributed by atoms with Crippen LogP contribution in [-0.4, -0.2) is 43.7 Å². The average molecular weight is 278 g/mol. The highest BCUT2D eigenvalue weighted by molar-refractivity contribution is 5.80. The Morgan fingerprint density at radius 3 is 2.40 bits per heavy atom. The number of rotatable bonds is 5. The van der Waals surface area contributed by atoms with Crippen molar-refractivity contribution in [1.82, 2.24) is 4.90 Å². The molecule has 1 aromatic carbocycles. The van der Waals surface area contributed by atoms with Crippen molar-refractivity contribution in [3.8, 4) is 0 Å². The lowest BCUT2D eigenvalue weighted by Crippen LogP contribution is -2.47. The Bertz CT molecular complexity index is 453. The van der Waals surface area contributed by atoms with E-state index in [1.54, 1.807) is 18.9 Å². The lowest BCUT2D eigenvalue weighted by molar-refractivity contribution is -0.142. The molecule has 0 unspecified atom stereocenters. The van der Waals surface area contributed by atoms with Crippen molar-refractivity contribution in [2.24, 2.45) is 5.92 Å². The molecule has 3 nitrogen and oxygen atoms in total. The Kier molecular flexibility index (Phi) is 4.31. The maximum Gasteiger partial charge on any atom is 0.225 e. The Hall–Kier alpha value is -1.58. The number of anilines is 1. The first-order valence-corrected chi connectivity index (χ1v) is 7.09. The van der Waals surface area contributed by atoms with Crippen LogP contribution in [0, 0.1) is 5.92 Å². The molecule has 20 heavy (non-hydrogen) atoms. The standard InChI is InChI=1S/C16H23FN2O/c1-16(17)11-13(12-16)15(20)19(3)10-9-18(2)14-7-5-4-6-8-14/h4-8,13H,9-12H2,1-3H3. The Balaban J connectivity index is 1.78. The summed E-state index contributed by atoms with van der Waals surface area (Å²) in [5.74, 6) is -0.0568. The van der Waals surface area contributed by atoms with Gasteiger partial charge in [-0.3, -0.25) is 4.79 Å². The number of carbonyl (C=O) groups excluding carboxylic acids is 1. The molecule has 1 saturated carbocycles. The fraction of sp³-hybridized carbons (Fsp3) is 0.562. The number of likely N-dealkylation sites (N-methyl/N-ethyl adjacent to an activating group) is 2. The van der Waals surface area contributed by atoms with Crippen molar-refractivity contribution in [2.45, 2.75) is 25.4 Å². The quantitative estimate of drug-likeness (QED) is 0.827. The van der Waals surface area contributed by atoms with Gasteiger partial charge in [0.15, 0.2) is 0 Å². The Morgan fingerprint density at radius 2 is 1.85 bits per heavy atom. The number of halogens is 1. The van der Waals surface area contributed by atoms with Crippen LogP contribution < -0.4 is 4.90 Å². The van der Waals surface area contributed by atoms with E-state index in [9.17, 15) is 9.18 Å². The molecule has 0 aromatic heterocycles. The lowest BCUT2D eigenvalue weighted by Gasteiger charge is -2.39. The van der Waals surface area contributed by atoms with Crippen LogP contribution >= 0.6 is 0 Å². The van der Waals surface area contributed by atoms with Gasteiger partial charge in [-0.2, -0.15) is 0 Å². The van der Waals surface area contributed by atoms with Gasteiger partial charge in [-0.05, 0) is 31.9 Å². The molecular weight excluding hydrogens is 255 g/mol. The summed E-state index contributed by atoms with van der Waals surface area (Å²) in [5, 5.41) is 0. The number of benzene rings is 1. The van der Waals surface area contributed by atoms with Crippen molar-refractivity contribution in [2.75, 3.05) is 32.1 Å². The minimum Gasteiger partial charge on any atom is -0.373 e. The molecule has 0 bridgehead atoms. The van der Waals surface area contributed by atoms with Gasteiger partial charge in [0.2, 0.25) is 5.91 Å². The van der Waals surface area contributed by atoms with Gasteiger partial charge in [0.25, 0.3) is 0 Å². The minimum atomic E-state index is -1.14. The van der Waals surface area contributed by atoms with Crippen LogP contribution in [0.1, 0.15) is 19.8 Å². The second-order valence-electron chi connectivity index (χ2n) is 6.04. The van der Waals surface area contributed by atoms with Crippen LogP contribution in [0.2, 0.25) is 0 Å². The molecule has 1 aliphatic rings. The summed E-state index contributed by atoms with van der Waals surface area (Å²) >= 11 is 0. The molecule has 1 aromatic rings. The van der Waals surface area contributed by atoms with E-state index >= 15 is 0 Å². The molecule has 0 aliphatic heterocycles. The summed E-state index contributed by atoms with van der Waals surface area (Å²) in [7, 11) is 3.81. The van der Waals surface area contributed by atoms with Gasteiger partial charge < -0.3 is 9.80 Å². The summed E-state index contributed by atoms with van der Waals surface area (Å²) in [6.07, 6.45) is 0.732. The molecule has 4 heteroatoms. The van der Waals surface area contributed by atoms with Gasteiger partial charge in [-0.15, -0.1) is 0 Å². The molecule has 1 amide bonds. The van der Waals surface area contributed by atoms with Crippen LogP contribution in [0.5, 0.6) is 0 Å². The molecule has 1 fully saturated rings. The molecule has 0 saturated heterocycles. The van der Waals surface area contributed by atoms with Crippen LogP contribution in [0.3, 0.4) is 0 Å². The van der Waals surface area contributed by atoms with Gasteiger partial charge in [0.1, 0.15) is 5.67 Å². The molecule has 0 heterocycles. The topological polar surface area (TPSA) is 23.6 Å². The fourth-order valence-corrected chi connectivity index (χ4v) is 2.68. The lowest BCUT2D eigenvalue weighted by atomic mass is 9.73.